The van der Waals surface area contributed by atoms with E-state index in [2.05, 4.69) is 15.9 Å². The van der Waals surface area contributed by atoms with Crippen LogP contribution < -0.4 is 0 Å². The van der Waals surface area contributed by atoms with Gasteiger partial charge in [-0.25, -0.2) is 4.79 Å². The molecule has 0 heterocycles. The first-order valence-corrected chi connectivity index (χ1v) is 7.24. The molecule has 98 valence electrons. The fourth-order valence-corrected chi connectivity index (χ4v) is 2.16. The fraction of sp³-hybridized carbons (Fsp3) is 0.385. The van der Waals surface area contributed by atoms with Crippen LogP contribution in [0.4, 0.5) is 0 Å². The predicted octanol–water partition coefficient (Wildman–Crippen LogP) is 3.57. The van der Waals surface area contributed by atoms with Crippen molar-refractivity contribution in [3.05, 3.63) is 34.9 Å². The van der Waals surface area contributed by atoms with Crippen LogP contribution in [0, 0.1) is 0 Å². The van der Waals surface area contributed by atoms with E-state index >= 15 is 0 Å². The molecule has 1 aromatic rings. The Morgan fingerprint density at radius 1 is 1.39 bits per heavy atom. The summed E-state index contributed by atoms with van der Waals surface area (Å²) in [6, 6.07) is 5.03. The summed E-state index contributed by atoms with van der Waals surface area (Å²) in [4.78, 5) is 23.5. The molecule has 0 aliphatic carbocycles. The van der Waals surface area contributed by atoms with Crippen LogP contribution in [0.3, 0.4) is 0 Å². The number of benzene rings is 1. The second kappa shape index (κ2) is 7.54. The zero-order valence-corrected chi connectivity index (χ0v) is 12.4. The highest BCUT2D eigenvalue weighted by atomic mass is 79.9. The number of esters is 1. The van der Waals surface area contributed by atoms with Crippen LogP contribution in [0.25, 0.3) is 0 Å². The molecule has 0 aliphatic heterocycles. The first kappa shape index (κ1) is 15.2. The topological polar surface area (TPSA) is 43.4 Å². The van der Waals surface area contributed by atoms with E-state index in [1.165, 1.54) is 0 Å². The molecule has 0 saturated heterocycles. The van der Waals surface area contributed by atoms with Crippen molar-refractivity contribution in [2.24, 2.45) is 0 Å². The molecule has 0 amide bonds. The van der Waals surface area contributed by atoms with Gasteiger partial charge in [0.15, 0.2) is 5.78 Å². The van der Waals surface area contributed by atoms with Crippen LogP contribution in [-0.2, 0) is 10.1 Å². The van der Waals surface area contributed by atoms with Gasteiger partial charge in [-0.3, -0.25) is 4.79 Å². The van der Waals surface area contributed by atoms with Gasteiger partial charge in [-0.05, 0) is 18.6 Å². The smallest absolute Gasteiger partial charge is 0.338 e. The third-order valence-electron chi connectivity index (χ3n) is 2.39. The highest BCUT2D eigenvalue weighted by Gasteiger charge is 2.15. The average molecular weight is 334 g/mol. The number of ketones is 1. The van der Waals surface area contributed by atoms with Gasteiger partial charge in [0.2, 0.25) is 0 Å². The van der Waals surface area contributed by atoms with Gasteiger partial charge in [-0.2, -0.15) is 0 Å². The largest absolute Gasteiger partial charge is 0.462 e. The first-order valence-electron chi connectivity index (χ1n) is 5.59. The maximum atomic E-state index is 11.8. The zero-order valence-electron chi connectivity index (χ0n) is 10.0. The van der Waals surface area contributed by atoms with Gasteiger partial charge in [0.05, 0.1) is 12.2 Å². The van der Waals surface area contributed by atoms with E-state index in [1.54, 1.807) is 25.1 Å². The van der Waals surface area contributed by atoms with Crippen molar-refractivity contribution in [1.82, 2.24) is 0 Å². The van der Waals surface area contributed by atoms with Crippen LogP contribution >= 0.6 is 27.5 Å². The summed E-state index contributed by atoms with van der Waals surface area (Å²) in [5.74, 6) is -0.211. The molecule has 0 bridgehead atoms. The summed E-state index contributed by atoms with van der Waals surface area (Å²) in [5, 5.41) is 0.533. The molecule has 0 aliphatic rings. The minimum atomic E-state index is -0.410. The Balaban J connectivity index is 3.09. The number of hydrogen-bond donors (Lipinski definition) is 0. The number of halogens is 2. The predicted molar refractivity (Wildman–Crippen MR) is 74.7 cm³/mol. The molecule has 1 aromatic carbocycles. The van der Waals surface area contributed by atoms with E-state index in [1.807, 2.05) is 0 Å². The van der Waals surface area contributed by atoms with E-state index in [-0.39, 0.29) is 18.1 Å². The first-order chi connectivity index (χ1) is 8.63. The minimum Gasteiger partial charge on any atom is -0.462 e. The maximum Gasteiger partial charge on any atom is 0.338 e. The van der Waals surface area contributed by atoms with Crippen molar-refractivity contribution in [2.45, 2.75) is 18.7 Å². The molecule has 3 nitrogen and oxygen atoms in total. The Labute approximate surface area is 120 Å². The minimum absolute atomic E-state index is 0.0725. The molecule has 1 rings (SSSR count). The van der Waals surface area contributed by atoms with Gasteiger partial charge >= 0.3 is 5.97 Å². The Morgan fingerprint density at radius 2 is 2.11 bits per heavy atom. The average Bonchev–Trinajstić information content (AvgIpc) is 2.38. The third-order valence-corrected chi connectivity index (χ3v) is 3.19. The van der Waals surface area contributed by atoms with Crippen LogP contribution in [0.5, 0.6) is 0 Å². The summed E-state index contributed by atoms with van der Waals surface area (Å²) in [5.41, 5.74) is 1.72. The lowest BCUT2D eigenvalue weighted by molar-refractivity contribution is 0.0525. The summed E-state index contributed by atoms with van der Waals surface area (Å²) >= 11 is 8.84. The number of carbonyl (C=O) groups is 2. The van der Waals surface area contributed by atoms with Crippen LogP contribution in [-0.4, -0.2) is 24.2 Å². The second-order valence-electron chi connectivity index (χ2n) is 3.59. The Bertz CT molecular complexity index is 446. The summed E-state index contributed by atoms with van der Waals surface area (Å²) in [7, 11) is 0. The molecular weight excluding hydrogens is 319 g/mol. The van der Waals surface area contributed by atoms with Crippen LogP contribution in [0.2, 0.25) is 0 Å². The molecule has 0 spiro atoms. The van der Waals surface area contributed by atoms with Crippen LogP contribution in [0.1, 0.15) is 39.6 Å². The molecule has 5 heteroatoms. The number of carbonyl (C=O) groups excluding carboxylic acids is 2. The molecule has 0 aromatic heterocycles. The molecule has 0 unspecified atom stereocenters. The molecule has 0 saturated carbocycles. The van der Waals surface area contributed by atoms with E-state index < -0.39 is 5.97 Å². The molecule has 0 atom stereocenters. The normalized spacial score (nSPS) is 10.2. The zero-order chi connectivity index (χ0) is 13.5. The Morgan fingerprint density at radius 3 is 2.67 bits per heavy atom. The van der Waals surface area contributed by atoms with E-state index in [4.69, 9.17) is 16.3 Å². The summed E-state index contributed by atoms with van der Waals surface area (Å²) in [6.45, 7) is 2.05. The third kappa shape index (κ3) is 3.82. The van der Waals surface area contributed by atoms with Crippen molar-refractivity contribution in [2.75, 3.05) is 12.5 Å². The van der Waals surface area contributed by atoms with E-state index in [9.17, 15) is 9.59 Å². The van der Waals surface area contributed by atoms with Crippen molar-refractivity contribution in [3.8, 4) is 0 Å². The molecule has 0 radical (unpaired) electrons. The lowest BCUT2D eigenvalue weighted by Crippen LogP contribution is -2.10. The van der Waals surface area contributed by atoms with Gasteiger partial charge in [0.1, 0.15) is 0 Å². The van der Waals surface area contributed by atoms with Crippen molar-refractivity contribution < 1.29 is 14.3 Å². The highest BCUT2D eigenvalue weighted by Crippen LogP contribution is 2.18. The van der Waals surface area contributed by atoms with Gasteiger partial charge < -0.3 is 4.74 Å². The molecular formula is C13H14BrClO3. The lowest BCUT2D eigenvalue weighted by Gasteiger charge is -2.08. The second-order valence-corrected chi connectivity index (χ2v) is 4.53. The monoisotopic (exact) mass is 332 g/mol. The molecule has 0 fully saturated rings. The number of rotatable bonds is 6. The number of alkyl halides is 2. The molecule has 0 N–H and O–H groups in total. The fourth-order valence-electron chi connectivity index (χ4n) is 1.50. The quantitative estimate of drug-likeness (QED) is 0.454. The standard InChI is InChI=1S/C13H14BrClO3/c1-2-18-13(17)11-7-9(12(16)5-6-15)3-4-10(11)8-14/h3-4,7H,2,5-6,8H2,1H3. The summed E-state index contributed by atoms with van der Waals surface area (Å²) in [6.07, 6.45) is 0.261. The van der Waals surface area contributed by atoms with Crippen molar-refractivity contribution in [1.29, 1.82) is 0 Å². The SMILES string of the molecule is CCOC(=O)c1cc(C(=O)CCCl)ccc1CBr. The maximum absolute atomic E-state index is 11.8. The van der Waals surface area contributed by atoms with Gasteiger partial charge in [-0.1, -0.05) is 28.1 Å². The van der Waals surface area contributed by atoms with E-state index in [0.29, 0.717) is 23.1 Å². The van der Waals surface area contributed by atoms with Crippen molar-refractivity contribution >= 4 is 39.3 Å². The van der Waals surface area contributed by atoms with E-state index in [0.717, 1.165) is 5.56 Å². The van der Waals surface area contributed by atoms with Crippen molar-refractivity contribution in [3.63, 3.8) is 0 Å². The number of Topliss-reactive ketones (excluding diaryl/α,β-unsaturated/α-hetero) is 1. The molecule has 18 heavy (non-hydrogen) atoms. The van der Waals surface area contributed by atoms with Crippen LogP contribution in [0.15, 0.2) is 18.2 Å². The Hall–Kier alpha value is -0.870. The van der Waals surface area contributed by atoms with Gasteiger partial charge in [0.25, 0.3) is 0 Å². The number of hydrogen-bond acceptors (Lipinski definition) is 3. The lowest BCUT2D eigenvalue weighted by atomic mass is 10.0. The summed E-state index contributed by atoms with van der Waals surface area (Å²) < 4.78 is 4.97. The van der Waals surface area contributed by atoms with Gasteiger partial charge in [-0.15, -0.1) is 11.6 Å². The number of ether oxygens (including phenoxy) is 1. The highest BCUT2D eigenvalue weighted by molar-refractivity contribution is 9.08. The van der Waals surface area contributed by atoms with Gasteiger partial charge in [0, 0.05) is 23.2 Å². The Kier molecular flexibility index (Phi) is 6.36.